The normalized spacial score (nSPS) is 11.3. The van der Waals surface area contributed by atoms with E-state index in [1.165, 1.54) is 12.1 Å². The smallest absolute Gasteiger partial charge is 0.175 e. The number of nitrogens with two attached hydrogens (primary N) is 1. The van der Waals surface area contributed by atoms with Crippen molar-refractivity contribution in [3.63, 3.8) is 0 Å². The van der Waals surface area contributed by atoms with E-state index in [9.17, 15) is 8.42 Å². The fourth-order valence-corrected chi connectivity index (χ4v) is 2.68. The van der Waals surface area contributed by atoms with Gasteiger partial charge in [0.1, 0.15) is 11.5 Å². The molecule has 0 saturated carbocycles. The van der Waals surface area contributed by atoms with Crippen LogP contribution in [0.15, 0.2) is 47.4 Å². The van der Waals surface area contributed by atoms with E-state index in [2.05, 4.69) is 22.6 Å². The number of hydrogen-bond acceptors (Lipinski definition) is 4. The van der Waals surface area contributed by atoms with Crippen LogP contribution in [0.4, 0.5) is 5.69 Å². The largest absolute Gasteiger partial charge is 0.455 e. The lowest BCUT2D eigenvalue weighted by atomic mass is 10.3. The molecule has 0 aliphatic rings. The number of benzene rings is 2. The van der Waals surface area contributed by atoms with Crippen LogP contribution in [0.5, 0.6) is 11.5 Å². The highest BCUT2D eigenvalue weighted by Gasteiger charge is 2.09. The molecule has 4 nitrogen and oxygen atoms in total. The molecule has 0 bridgehead atoms. The van der Waals surface area contributed by atoms with E-state index in [0.29, 0.717) is 17.2 Å². The van der Waals surface area contributed by atoms with Crippen LogP contribution < -0.4 is 10.5 Å². The fourth-order valence-electron chi connectivity index (χ4n) is 1.51. The summed E-state index contributed by atoms with van der Waals surface area (Å²) in [5.41, 5.74) is 6.36. The second-order valence-corrected chi connectivity index (χ2v) is 7.29. The van der Waals surface area contributed by atoms with Crippen molar-refractivity contribution in [3.05, 3.63) is 46.0 Å². The van der Waals surface area contributed by atoms with Gasteiger partial charge in [0.05, 0.1) is 10.6 Å². The van der Waals surface area contributed by atoms with Crippen molar-refractivity contribution in [1.82, 2.24) is 0 Å². The van der Waals surface area contributed by atoms with E-state index < -0.39 is 9.84 Å². The molecule has 2 rings (SSSR count). The van der Waals surface area contributed by atoms with Gasteiger partial charge in [-0.05, 0) is 59.0 Å². The molecule has 0 aliphatic carbocycles. The van der Waals surface area contributed by atoms with Crippen LogP contribution in [0.1, 0.15) is 0 Å². The number of nitrogen functional groups attached to an aromatic ring is 1. The van der Waals surface area contributed by atoms with Crippen molar-refractivity contribution in [2.45, 2.75) is 4.90 Å². The lowest BCUT2D eigenvalue weighted by Gasteiger charge is -2.09. The molecule has 2 aromatic carbocycles. The first kappa shape index (κ1) is 14.1. The van der Waals surface area contributed by atoms with Crippen LogP contribution in [0.25, 0.3) is 0 Å². The molecule has 0 spiro atoms. The molecule has 6 heteroatoms. The molecule has 0 unspecified atom stereocenters. The molecule has 0 radical (unpaired) electrons. The first-order chi connectivity index (χ1) is 8.86. The highest BCUT2D eigenvalue weighted by atomic mass is 127. The zero-order valence-electron chi connectivity index (χ0n) is 10.1. The van der Waals surface area contributed by atoms with Crippen LogP contribution in [0.2, 0.25) is 0 Å². The Balaban J connectivity index is 2.34. The van der Waals surface area contributed by atoms with Crippen LogP contribution in [0, 0.1) is 3.57 Å². The SMILES string of the molecule is CS(=O)(=O)c1cccc(Oc2ccc(I)cc2N)c1. The standard InChI is InChI=1S/C13H12INO3S/c1-19(16,17)11-4-2-3-10(8-11)18-13-6-5-9(14)7-12(13)15/h2-8H,15H2,1H3. The van der Waals surface area contributed by atoms with E-state index in [-0.39, 0.29) is 4.90 Å². The summed E-state index contributed by atoms with van der Waals surface area (Å²) in [7, 11) is -3.25. The molecule has 2 aromatic rings. The van der Waals surface area contributed by atoms with Crippen molar-refractivity contribution in [2.24, 2.45) is 0 Å². The van der Waals surface area contributed by atoms with Crippen LogP contribution in [0.3, 0.4) is 0 Å². The molecule has 0 aromatic heterocycles. The highest BCUT2D eigenvalue weighted by Crippen LogP contribution is 2.29. The number of ether oxygens (including phenoxy) is 1. The third kappa shape index (κ3) is 3.60. The van der Waals surface area contributed by atoms with Crippen molar-refractivity contribution >= 4 is 38.1 Å². The van der Waals surface area contributed by atoms with Gasteiger partial charge in [-0.25, -0.2) is 8.42 Å². The number of rotatable bonds is 3. The third-order valence-corrected chi connectivity index (χ3v) is 4.21. The maximum atomic E-state index is 11.5. The van der Waals surface area contributed by atoms with E-state index in [1.807, 2.05) is 6.07 Å². The average molecular weight is 389 g/mol. The lowest BCUT2D eigenvalue weighted by Crippen LogP contribution is -1.98. The summed E-state index contributed by atoms with van der Waals surface area (Å²) in [5, 5.41) is 0. The van der Waals surface area contributed by atoms with Crippen LogP contribution >= 0.6 is 22.6 Å². The Morgan fingerprint density at radius 1 is 1.16 bits per heavy atom. The first-order valence-corrected chi connectivity index (χ1v) is 8.36. The quantitative estimate of drug-likeness (QED) is 0.647. The Bertz CT molecular complexity index is 714. The Labute approximate surface area is 125 Å². The minimum absolute atomic E-state index is 0.217. The molecule has 0 heterocycles. The molecule has 100 valence electrons. The molecule has 19 heavy (non-hydrogen) atoms. The van der Waals surface area contributed by atoms with Gasteiger partial charge >= 0.3 is 0 Å². The van der Waals surface area contributed by atoms with Crippen LogP contribution in [-0.2, 0) is 9.84 Å². The van der Waals surface area contributed by atoms with Gasteiger partial charge in [-0.15, -0.1) is 0 Å². The van der Waals surface area contributed by atoms with Gasteiger partial charge in [-0.3, -0.25) is 0 Å². The monoisotopic (exact) mass is 389 g/mol. The Kier molecular flexibility index (Phi) is 4.00. The number of anilines is 1. The zero-order chi connectivity index (χ0) is 14.0. The van der Waals surface area contributed by atoms with E-state index in [1.54, 1.807) is 24.3 Å². The summed E-state index contributed by atoms with van der Waals surface area (Å²) >= 11 is 2.15. The number of sulfone groups is 1. The van der Waals surface area contributed by atoms with Gasteiger partial charge < -0.3 is 10.5 Å². The fraction of sp³-hybridized carbons (Fsp3) is 0.0769. The molecular formula is C13H12INO3S. The molecule has 0 saturated heterocycles. The molecule has 0 amide bonds. The predicted octanol–water partition coefficient (Wildman–Crippen LogP) is 3.07. The molecule has 2 N–H and O–H groups in total. The van der Waals surface area contributed by atoms with Crippen molar-refractivity contribution in [3.8, 4) is 11.5 Å². The van der Waals surface area contributed by atoms with Gasteiger partial charge in [-0.2, -0.15) is 0 Å². The van der Waals surface area contributed by atoms with Crippen LogP contribution in [-0.4, -0.2) is 14.7 Å². The van der Waals surface area contributed by atoms with E-state index in [4.69, 9.17) is 10.5 Å². The maximum Gasteiger partial charge on any atom is 0.175 e. The van der Waals surface area contributed by atoms with Crippen molar-refractivity contribution in [1.29, 1.82) is 0 Å². The second-order valence-electron chi connectivity index (χ2n) is 4.03. The summed E-state index contributed by atoms with van der Waals surface area (Å²) < 4.78 is 29.5. The highest BCUT2D eigenvalue weighted by molar-refractivity contribution is 14.1. The van der Waals surface area contributed by atoms with Crippen molar-refractivity contribution in [2.75, 3.05) is 12.0 Å². The Morgan fingerprint density at radius 3 is 2.53 bits per heavy atom. The predicted molar refractivity (Wildman–Crippen MR) is 83.2 cm³/mol. The third-order valence-electron chi connectivity index (χ3n) is 2.43. The summed E-state index contributed by atoms with van der Waals surface area (Å²) in [6.07, 6.45) is 1.16. The molecule has 0 fully saturated rings. The molecule has 0 aliphatic heterocycles. The average Bonchev–Trinajstić information content (AvgIpc) is 2.32. The summed E-state index contributed by atoms with van der Waals surface area (Å²) in [6, 6.07) is 11.7. The Hall–Kier alpha value is -1.28. The minimum Gasteiger partial charge on any atom is -0.455 e. The van der Waals surface area contributed by atoms with Gasteiger partial charge in [0.25, 0.3) is 0 Å². The number of halogens is 1. The second kappa shape index (κ2) is 5.38. The Morgan fingerprint density at radius 2 is 1.89 bits per heavy atom. The number of hydrogen-bond donors (Lipinski definition) is 1. The molecule has 0 atom stereocenters. The topological polar surface area (TPSA) is 69.4 Å². The minimum atomic E-state index is -3.25. The van der Waals surface area contributed by atoms with E-state index >= 15 is 0 Å². The first-order valence-electron chi connectivity index (χ1n) is 5.39. The summed E-state index contributed by atoms with van der Waals surface area (Å²) in [4.78, 5) is 0.217. The lowest BCUT2D eigenvalue weighted by molar-refractivity contribution is 0.483. The van der Waals surface area contributed by atoms with Gasteiger partial charge in [-0.1, -0.05) is 6.07 Å². The maximum absolute atomic E-state index is 11.5. The van der Waals surface area contributed by atoms with Gasteiger partial charge in [0.15, 0.2) is 9.84 Å². The summed E-state index contributed by atoms with van der Waals surface area (Å²) in [6.45, 7) is 0. The molecular weight excluding hydrogens is 377 g/mol. The zero-order valence-corrected chi connectivity index (χ0v) is 13.1. The van der Waals surface area contributed by atoms with Crippen molar-refractivity contribution < 1.29 is 13.2 Å². The van der Waals surface area contributed by atoms with E-state index in [0.717, 1.165) is 9.83 Å². The van der Waals surface area contributed by atoms with Gasteiger partial charge in [0, 0.05) is 9.83 Å². The van der Waals surface area contributed by atoms with Gasteiger partial charge in [0.2, 0.25) is 0 Å². The summed E-state index contributed by atoms with van der Waals surface area (Å²) in [5.74, 6) is 0.946.